The third kappa shape index (κ3) is 2.93. The average molecular weight is 246 g/mol. The van der Waals surface area contributed by atoms with E-state index in [9.17, 15) is 5.26 Å². The van der Waals surface area contributed by atoms with Crippen molar-refractivity contribution in [2.75, 3.05) is 20.8 Å². The van der Waals surface area contributed by atoms with Crippen LogP contribution in [0.15, 0.2) is 18.2 Å². The molecule has 1 fully saturated rings. The molecule has 1 aromatic rings. The maximum absolute atomic E-state index is 9.29. The molecule has 0 aromatic heterocycles. The average Bonchev–Trinajstić information content (AvgIpc) is 3.23. The van der Waals surface area contributed by atoms with Crippen LogP contribution in [0.1, 0.15) is 24.4 Å². The van der Waals surface area contributed by atoms with Crippen molar-refractivity contribution >= 4 is 0 Å². The minimum atomic E-state index is -0.351. The molecule has 96 valence electrons. The van der Waals surface area contributed by atoms with Crippen molar-refractivity contribution in [3.8, 4) is 17.6 Å². The molecule has 0 radical (unpaired) electrons. The maximum Gasteiger partial charge on any atom is 0.125 e. The Bertz CT molecular complexity index is 450. The zero-order chi connectivity index (χ0) is 13.0. The molecule has 1 aliphatic rings. The molecule has 0 aliphatic heterocycles. The molecule has 1 aromatic carbocycles. The monoisotopic (exact) mass is 246 g/mol. The van der Waals surface area contributed by atoms with Crippen LogP contribution in [0.5, 0.6) is 11.5 Å². The molecular weight excluding hydrogens is 228 g/mol. The molecule has 0 bridgehead atoms. The number of ether oxygens (including phenoxy) is 2. The normalized spacial score (nSPS) is 15.8. The first-order valence-corrected chi connectivity index (χ1v) is 6.13. The van der Waals surface area contributed by atoms with E-state index in [0.29, 0.717) is 5.75 Å². The fourth-order valence-corrected chi connectivity index (χ4v) is 1.90. The highest BCUT2D eigenvalue weighted by atomic mass is 16.5. The van der Waals surface area contributed by atoms with E-state index in [1.165, 1.54) is 12.8 Å². The second kappa shape index (κ2) is 5.74. The van der Waals surface area contributed by atoms with Crippen molar-refractivity contribution in [2.45, 2.75) is 18.9 Å². The van der Waals surface area contributed by atoms with Crippen molar-refractivity contribution in [1.82, 2.24) is 5.32 Å². The number of rotatable bonds is 6. The Labute approximate surface area is 108 Å². The molecular formula is C14H18N2O2. The summed E-state index contributed by atoms with van der Waals surface area (Å²) in [5.41, 5.74) is 0.833. The van der Waals surface area contributed by atoms with E-state index in [0.717, 1.165) is 23.8 Å². The Morgan fingerprint density at radius 1 is 1.39 bits per heavy atom. The van der Waals surface area contributed by atoms with Crippen LogP contribution in [0.2, 0.25) is 0 Å². The Kier molecular flexibility index (Phi) is 4.06. The third-order valence-corrected chi connectivity index (χ3v) is 3.18. The summed E-state index contributed by atoms with van der Waals surface area (Å²) in [6.07, 6.45) is 2.53. The van der Waals surface area contributed by atoms with Gasteiger partial charge in [0.05, 0.1) is 20.3 Å². The van der Waals surface area contributed by atoms with E-state index in [2.05, 4.69) is 11.4 Å². The lowest BCUT2D eigenvalue weighted by atomic mass is 10.1. The smallest absolute Gasteiger partial charge is 0.125 e. The minimum Gasteiger partial charge on any atom is -0.497 e. The Morgan fingerprint density at radius 3 is 2.72 bits per heavy atom. The quantitative estimate of drug-likeness (QED) is 0.836. The first kappa shape index (κ1) is 12.7. The molecule has 2 rings (SSSR count). The summed E-state index contributed by atoms with van der Waals surface area (Å²) in [7, 11) is 3.23. The van der Waals surface area contributed by atoms with Gasteiger partial charge in [-0.2, -0.15) is 5.26 Å². The van der Waals surface area contributed by atoms with Gasteiger partial charge in [0.1, 0.15) is 17.5 Å². The SMILES string of the molecule is COc1ccc(OC)c(C(C#N)NCC2CC2)c1. The van der Waals surface area contributed by atoms with Crippen molar-refractivity contribution in [2.24, 2.45) is 5.92 Å². The first-order valence-electron chi connectivity index (χ1n) is 6.13. The van der Waals surface area contributed by atoms with E-state index in [-0.39, 0.29) is 6.04 Å². The number of nitrogens with zero attached hydrogens (tertiary/aromatic N) is 1. The predicted molar refractivity (Wildman–Crippen MR) is 68.6 cm³/mol. The largest absolute Gasteiger partial charge is 0.497 e. The molecule has 0 spiro atoms. The van der Waals surface area contributed by atoms with E-state index in [1.807, 2.05) is 18.2 Å². The van der Waals surface area contributed by atoms with Gasteiger partial charge in [-0.1, -0.05) is 0 Å². The van der Waals surface area contributed by atoms with Crippen LogP contribution >= 0.6 is 0 Å². The van der Waals surface area contributed by atoms with Crippen LogP contribution < -0.4 is 14.8 Å². The number of hydrogen-bond acceptors (Lipinski definition) is 4. The van der Waals surface area contributed by atoms with Gasteiger partial charge in [-0.25, -0.2) is 0 Å². The van der Waals surface area contributed by atoms with Crippen LogP contribution in [-0.4, -0.2) is 20.8 Å². The molecule has 18 heavy (non-hydrogen) atoms. The number of methoxy groups -OCH3 is 2. The van der Waals surface area contributed by atoms with Crippen molar-refractivity contribution in [1.29, 1.82) is 5.26 Å². The van der Waals surface area contributed by atoms with Crippen molar-refractivity contribution in [3.05, 3.63) is 23.8 Å². The highest BCUT2D eigenvalue weighted by Crippen LogP contribution is 2.31. The van der Waals surface area contributed by atoms with Gasteiger partial charge in [-0.15, -0.1) is 0 Å². The van der Waals surface area contributed by atoms with Gasteiger partial charge in [0, 0.05) is 5.56 Å². The van der Waals surface area contributed by atoms with E-state index in [1.54, 1.807) is 14.2 Å². The molecule has 0 amide bonds. The minimum absolute atomic E-state index is 0.351. The third-order valence-electron chi connectivity index (χ3n) is 3.18. The van der Waals surface area contributed by atoms with E-state index in [4.69, 9.17) is 9.47 Å². The van der Waals surface area contributed by atoms with Crippen LogP contribution in [-0.2, 0) is 0 Å². The number of nitrogens with one attached hydrogen (secondary N) is 1. The van der Waals surface area contributed by atoms with Gasteiger partial charge < -0.3 is 9.47 Å². The fourth-order valence-electron chi connectivity index (χ4n) is 1.90. The van der Waals surface area contributed by atoms with Gasteiger partial charge in [-0.3, -0.25) is 5.32 Å². The van der Waals surface area contributed by atoms with E-state index < -0.39 is 0 Å². The topological polar surface area (TPSA) is 54.3 Å². The van der Waals surface area contributed by atoms with Gasteiger partial charge in [0.25, 0.3) is 0 Å². The lowest BCUT2D eigenvalue weighted by Crippen LogP contribution is -2.22. The molecule has 0 saturated heterocycles. The van der Waals surface area contributed by atoms with Gasteiger partial charge in [0.2, 0.25) is 0 Å². The molecule has 4 nitrogen and oxygen atoms in total. The Morgan fingerprint density at radius 2 is 2.17 bits per heavy atom. The second-order valence-electron chi connectivity index (χ2n) is 4.52. The molecule has 4 heteroatoms. The molecule has 1 N–H and O–H groups in total. The number of benzene rings is 1. The van der Waals surface area contributed by atoms with Gasteiger partial charge >= 0.3 is 0 Å². The van der Waals surface area contributed by atoms with Crippen LogP contribution in [0.4, 0.5) is 0 Å². The lowest BCUT2D eigenvalue weighted by molar-refractivity contribution is 0.394. The second-order valence-corrected chi connectivity index (χ2v) is 4.52. The zero-order valence-electron chi connectivity index (χ0n) is 10.8. The summed E-state index contributed by atoms with van der Waals surface area (Å²) in [6.45, 7) is 0.887. The van der Waals surface area contributed by atoms with Gasteiger partial charge in [-0.05, 0) is 43.5 Å². The Hall–Kier alpha value is -1.73. The van der Waals surface area contributed by atoms with Crippen molar-refractivity contribution < 1.29 is 9.47 Å². The molecule has 1 aliphatic carbocycles. The molecule has 1 atom stereocenters. The summed E-state index contributed by atoms with van der Waals surface area (Å²) in [5, 5.41) is 12.6. The predicted octanol–water partition coefficient (Wildman–Crippen LogP) is 2.27. The Balaban J connectivity index is 2.18. The maximum atomic E-state index is 9.29. The summed E-state index contributed by atoms with van der Waals surface area (Å²) in [5.74, 6) is 2.18. The molecule has 1 unspecified atom stereocenters. The molecule has 0 heterocycles. The lowest BCUT2D eigenvalue weighted by Gasteiger charge is -2.16. The highest BCUT2D eigenvalue weighted by molar-refractivity contribution is 5.44. The standard InChI is InChI=1S/C14H18N2O2/c1-17-11-5-6-14(18-2)12(7-11)13(8-15)16-9-10-3-4-10/h5-7,10,13,16H,3-4,9H2,1-2H3. The number of hydrogen-bond donors (Lipinski definition) is 1. The molecule has 1 saturated carbocycles. The number of nitriles is 1. The summed E-state index contributed by atoms with van der Waals surface area (Å²) >= 11 is 0. The van der Waals surface area contributed by atoms with Crippen LogP contribution in [0.25, 0.3) is 0 Å². The first-order chi connectivity index (χ1) is 8.78. The van der Waals surface area contributed by atoms with Crippen LogP contribution in [0.3, 0.4) is 0 Å². The van der Waals surface area contributed by atoms with Crippen LogP contribution in [0, 0.1) is 17.2 Å². The fraction of sp³-hybridized carbons (Fsp3) is 0.500. The van der Waals surface area contributed by atoms with E-state index >= 15 is 0 Å². The highest BCUT2D eigenvalue weighted by Gasteiger charge is 2.24. The summed E-state index contributed by atoms with van der Waals surface area (Å²) in [6, 6.07) is 7.45. The van der Waals surface area contributed by atoms with Gasteiger partial charge in [0.15, 0.2) is 0 Å². The van der Waals surface area contributed by atoms with Crippen molar-refractivity contribution in [3.63, 3.8) is 0 Å². The summed E-state index contributed by atoms with van der Waals surface area (Å²) in [4.78, 5) is 0. The summed E-state index contributed by atoms with van der Waals surface area (Å²) < 4.78 is 10.5. The zero-order valence-corrected chi connectivity index (χ0v) is 10.8.